The van der Waals surface area contributed by atoms with E-state index < -0.39 is 0 Å². The lowest BCUT2D eigenvalue weighted by Crippen LogP contribution is -2.26. The van der Waals surface area contributed by atoms with E-state index in [0.717, 1.165) is 21.4 Å². The first-order valence-electron chi connectivity index (χ1n) is 7.22. The molecule has 3 aromatic rings. The summed E-state index contributed by atoms with van der Waals surface area (Å²) in [6, 6.07) is 15.3. The summed E-state index contributed by atoms with van der Waals surface area (Å²) >= 11 is 7.77. The quantitative estimate of drug-likeness (QED) is 0.718. The van der Waals surface area contributed by atoms with Crippen LogP contribution in [0.3, 0.4) is 0 Å². The smallest absolute Gasteiger partial charge is 0.263 e. The highest BCUT2D eigenvalue weighted by molar-refractivity contribution is 7.21. The summed E-state index contributed by atoms with van der Waals surface area (Å²) in [5.74, 6) is 0.606. The van der Waals surface area contributed by atoms with Gasteiger partial charge in [0.2, 0.25) is 0 Å². The summed E-state index contributed by atoms with van der Waals surface area (Å²) < 4.78 is 6.23. The number of hydrogen-bond donors (Lipinski definition) is 1. The second-order valence-electron chi connectivity index (χ2n) is 5.21. The van der Waals surface area contributed by atoms with Gasteiger partial charge in [-0.1, -0.05) is 41.9 Å². The van der Waals surface area contributed by atoms with Crippen LogP contribution in [0.15, 0.2) is 48.5 Å². The van der Waals surface area contributed by atoms with E-state index in [0.29, 0.717) is 9.90 Å². The average Bonchev–Trinajstić information content (AvgIpc) is 2.92. The molecule has 3 nitrogen and oxygen atoms in total. The summed E-state index contributed by atoms with van der Waals surface area (Å²) in [7, 11) is 1.62. The molecule has 0 saturated heterocycles. The van der Waals surface area contributed by atoms with Crippen LogP contribution in [0.1, 0.15) is 28.2 Å². The number of thiophene rings is 1. The van der Waals surface area contributed by atoms with E-state index >= 15 is 0 Å². The number of fused-ring (bicyclic) bond motifs is 1. The third-order valence-corrected chi connectivity index (χ3v) is 5.36. The maximum Gasteiger partial charge on any atom is 0.263 e. The Morgan fingerprint density at radius 3 is 2.74 bits per heavy atom. The Kier molecular flexibility index (Phi) is 4.55. The minimum Gasteiger partial charge on any atom is -0.497 e. The number of nitrogens with one attached hydrogen (secondary N) is 1. The SMILES string of the molecule is COc1cccc(C(C)NC(=O)c2sc3ccccc3c2Cl)c1. The van der Waals surface area contributed by atoms with Crippen LogP contribution in [-0.2, 0) is 0 Å². The molecule has 0 aliphatic carbocycles. The van der Waals surface area contributed by atoms with Crippen LogP contribution in [0, 0.1) is 0 Å². The lowest BCUT2D eigenvalue weighted by molar-refractivity contribution is 0.0944. The van der Waals surface area contributed by atoms with Gasteiger partial charge in [-0.15, -0.1) is 11.3 Å². The van der Waals surface area contributed by atoms with Gasteiger partial charge in [0.25, 0.3) is 5.91 Å². The number of carbonyl (C=O) groups is 1. The molecule has 1 unspecified atom stereocenters. The van der Waals surface area contributed by atoms with Crippen molar-refractivity contribution in [2.24, 2.45) is 0 Å². The van der Waals surface area contributed by atoms with E-state index in [9.17, 15) is 4.79 Å². The highest BCUT2D eigenvalue weighted by atomic mass is 35.5. The molecule has 0 aliphatic heterocycles. The molecule has 1 amide bonds. The highest BCUT2D eigenvalue weighted by Crippen LogP contribution is 2.35. The first kappa shape index (κ1) is 15.8. The van der Waals surface area contributed by atoms with Crippen LogP contribution in [0.25, 0.3) is 10.1 Å². The molecule has 0 fully saturated rings. The number of rotatable bonds is 4. The molecule has 0 radical (unpaired) electrons. The molecule has 0 saturated carbocycles. The van der Waals surface area contributed by atoms with E-state index in [1.165, 1.54) is 11.3 Å². The molecule has 1 N–H and O–H groups in total. The van der Waals surface area contributed by atoms with Gasteiger partial charge in [0.05, 0.1) is 18.2 Å². The van der Waals surface area contributed by atoms with E-state index in [-0.39, 0.29) is 11.9 Å². The zero-order chi connectivity index (χ0) is 16.4. The molecule has 0 bridgehead atoms. The lowest BCUT2D eigenvalue weighted by atomic mass is 10.1. The van der Waals surface area contributed by atoms with E-state index in [1.807, 2.05) is 55.5 Å². The zero-order valence-electron chi connectivity index (χ0n) is 12.8. The normalized spacial score (nSPS) is 12.1. The van der Waals surface area contributed by atoms with E-state index in [4.69, 9.17) is 16.3 Å². The van der Waals surface area contributed by atoms with Crippen LogP contribution in [0.2, 0.25) is 5.02 Å². The van der Waals surface area contributed by atoms with Gasteiger partial charge in [0.1, 0.15) is 10.6 Å². The number of ether oxygens (including phenoxy) is 1. The Bertz CT molecular complexity index is 859. The average molecular weight is 346 g/mol. The van der Waals surface area contributed by atoms with E-state index in [1.54, 1.807) is 7.11 Å². The number of benzene rings is 2. The molecular weight excluding hydrogens is 330 g/mol. The molecule has 0 spiro atoms. The monoisotopic (exact) mass is 345 g/mol. The molecule has 23 heavy (non-hydrogen) atoms. The van der Waals surface area contributed by atoms with Gasteiger partial charge in [0, 0.05) is 10.1 Å². The van der Waals surface area contributed by atoms with Crippen molar-refractivity contribution in [3.05, 3.63) is 64.0 Å². The fraction of sp³-hybridized carbons (Fsp3) is 0.167. The minimum atomic E-state index is -0.161. The number of hydrogen-bond acceptors (Lipinski definition) is 3. The van der Waals surface area contributed by atoms with Gasteiger partial charge in [-0.25, -0.2) is 0 Å². The van der Waals surface area contributed by atoms with Crippen LogP contribution in [0.4, 0.5) is 0 Å². The van der Waals surface area contributed by atoms with Crippen LogP contribution in [-0.4, -0.2) is 13.0 Å². The Labute approximate surface area is 143 Å². The maximum absolute atomic E-state index is 12.6. The number of methoxy groups -OCH3 is 1. The molecule has 1 atom stereocenters. The summed E-state index contributed by atoms with van der Waals surface area (Å²) in [6.45, 7) is 1.94. The van der Waals surface area contributed by atoms with E-state index in [2.05, 4.69) is 5.32 Å². The Morgan fingerprint density at radius 2 is 2.00 bits per heavy atom. The Hall–Kier alpha value is -2.04. The van der Waals surface area contributed by atoms with Gasteiger partial charge < -0.3 is 10.1 Å². The van der Waals surface area contributed by atoms with Crippen LogP contribution in [0.5, 0.6) is 5.75 Å². The lowest BCUT2D eigenvalue weighted by Gasteiger charge is -2.14. The third kappa shape index (κ3) is 3.19. The molecule has 0 aliphatic rings. The van der Waals surface area contributed by atoms with Crippen molar-refractivity contribution < 1.29 is 9.53 Å². The van der Waals surface area contributed by atoms with Gasteiger partial charge >= 0.3 is 0 Å². The van der Waals surface area contributed by atoms with Crippen molar-refractivity contribution in [1.29, 1.82) is 0 Å². The molecule has 1 heterocycles. The van der Waals surface area contributed by atoms with Crippen LogP contribution >= 0.6 is 22.9 Å². The predicted molar refractivity (Wildman–Crippen MR) is 95.7 cm³/mol. The minimum absolute atomic E-state index is 0.140. The first-order valence-corrected chi connectivity index (χ1v) is 8.41. The molecular formula is C18H16ClNO2S. The number of carbonyl (C=O) groups excluding carboxylic acids is 1. The maximum atomic E-state index is 12.6. The molecule has 1 aromatic heterocycles. The van der Waals surface area contributed by atoms with Gasteiger partial charge in [-0.2, -0.15) is 0 Å². The summed E-state index contributed by atoms with van der Waals surface area (Å²) in [5, 5.41) is 4.43. The fourth-order valence-corrected chi connectivity index (χ4v) is 3.84. The van der Waals surface area contributed by atoms with Gasteiger partial charge in [0.15, 0.2) is 0 Å². The van der Waals surface area contributed by atoms with Crippen molar-refractivity contribution in [2.75, 3.05) is 7.11 Å². The van der Waals surface area contributed by atoms with Gasteiger partial charge in [-0.05, 0) is 30.7 Å². The second-order valence-corrected chi connectivity index (χ2v) is 6.64. The first-order chi connectivity index (χ1) is 11.1. The van der Waals surface area contributed by atoms with Crippen molar-refractivity contribution in [2.45, 2.75) is 13.0 Å². The Balaban J connectivity index is 1.83. The van der Waals surface area contributed by atoms with Crippen molar-refractivity contribution in [1.82, 2.24) is 5.32 Å². The second kappa shape index (κ2) is 6.60. The van der Waals surface area contributed by atoms with Gasteiger partial charge in [-0.3, -0.25) is 4.79 Å². The highest BCUT2D eigenvalue weighted by Gasteiger charge is 2.19. The van der Waals surface area contributed by atoms with Crippen LogP contribution < -0.4 is 10.1 Å². The number of amides is 1. The Morgan fingerprint density at radius 1 is 1.22 bits per heavy atom. The molecule has 118 valence electrons. The van der Waals surface area contributed by atoms with Crippen molar-refractivity contribution in [3.63, 3.8) is 0 Å². The third-order valence-electron chi connectivity index (χ3n) is 3.68. The predicted octanol–water partition coefficient (Wildman–Crippen LogP) is 5.05. The number of halogens is 1. The fourth-order valence-electron chi connectivity index (χ4n) is 2.42. The topological polar surface area (TPSA) is 38.3 Å². The summed E-state index contributed by atoms with van der Waals surface area (Å²) in [4.78, 5) is 13.1. The molecule has 3 rings (SSSR count). The molecule has 2 aromatic carbocycles. The standard InChI is InChI=1S/C18H16ClNO2S/c1-11(12-6-5-7-13(10-12)22-2)20-18(21)17-16(19)14-8-3-4-9-15(14)23-17/h3-11H,1-2H3,(H,20,21). The van der Waals surface area contributed by atoms with Crippen molar-refractivity contribution in [3.8, 4) is 5.75 Å². The largest absolute Gasteiger partial charge is 0.497 e. The summed E-state index contributed by atoms with van der Waals surface area (Å²) in [6.07, 6.45) is 0. The van der Waals surface area contributed by atoms with Crippen molar-refractivity contribution >= 4 is 38.9 Å². The zero-order valence-corrected chi connectivity index (χ0v) is 14.4. The molecule has 5 heteroatoms. The summed E-state index contributed by atoms with van der Waals surface area (Å²) in [5.41, 5.74) is 0.981.